The van der Waals surface area contributed by atoms with Crippen LogP contribution >= 0.6 is 22.9 Å². The van der Waals surface area contributed by atoms with Gasteiger partial charge in [0.05, 0.1) is 24.4 Å². The van der Waals surface area contributed by atoms with E-state index < -0.39 is 0 Å². The molecular formula is C12H12ClNOS. The first-order valence-corrected chi connectivity index (χ1v) is 6.51. The largest absolute Gasteiger partial charge is 0.492 e. The van der Waals surface area contributed by atoms with E-state index in [0.717, 1.165) is 17.9 Å². The molecular weight excluding hydrogens is 242 g/mol. The van der Waals surface area contributed by atoms with Crippen LogP contribution in [-0.4, -0.2) is 11.6 Å². The molecule has 2 rings (SSSR count). The number of alkyl halides is 1. The van der Waals surface area contributed by atoms with E-state index in [9.17, 15) is 0 Å². The molecule has 4 heteroatoms. The summed E-state index contributed by atoms with van der Waals surface area (Å²) in [6.45, 7) is 0.679. The first-order chi connectivity index (χ1) is 7.88. The van der Waals surface area contributed by atoms with Gasteiger partial charge in [0.25, 0.3) is 0 Å². The second-order valence-corrected chi connectivity index (χ2v) is 4.40. The Morgan fingerprint density at radius 2 is 2.25 bits per heavy atom. The fraction of sp³-hybridized carbons (Fsp3) is 0.250. The summed E-state index contributed by atoms with van der Waals surface area (Å²) in [6.07, 6.45) is 2.64. The van der Waals surface area contributed by atoms with Gasteiger partial charge >= 0.3 is 0 Å². The van der Waals surface area contributed by atoms with Gasteiger partial charge in [0, 0.05) is 6.42 Å². The van der Waals surface area contributed by atoms with Crippen molar-refractivity contribution in [2.45, 2.75) is 12.3 Å². The summed E-state index contributed by atoms with van der Waals surface area (Å²) in [5.74, 6) is 1.24. The molecule has 16 heavy (non-hydrogen) atoms. The summed E-state index contributed by atoms with van der Waals surface area (Å²) in [4.78, 5) is 4.16. The van der Waals surface area contributed by atoms with Crippen LogP contribution in [0.1, 0.15) is 11.3 Å². The molecule has 0 N–H and O–H groups in total. The molecule has 0 radical (unpaired) electrons. The Balaban J connectivity index is 1.81. The van der Waals surface area contributed by atoms with Crippen LogP contribution in [0.5, 0.6) is 5.75 Å². The summed E-state index contributed by atoms with van der Waals surface area (Å²) in [5, 5.41) is 4.21. The average molecular weight is 254 g/mol. The van der Waals surface area contributed by atoms with Gasteiger partial charge in [-0.25, -0.2) is 0 Å². The fourth-order valence-electron chi connectivity index (χ4n) is 1.30. The Kier molecular flexibility index (Phi) is 4.19. The van der Waals surface area contributed by atoms with E-state index in [2.05, 4.69) is 21.8 Å². The van der Waals surface area contributed by atoms with E-state index in [1.54, 1.807) is 17.5 Å². The molecule has 84 valence electrons. The standard InChI is InChI=1S/C12H12ClNOS/c13-7-11-1-2-12(8-14-11)15-5-3-10-4-6-16-9-10/h1-2,4,6,8-9H,3,5,7H2. The topological polar surface area (TPSA) is 22.1 Å². The Morgan fingerprint density at radius 1 is 1.31 bits per heavy atom. The molecule has 0 bridgehead atoms. The minimum atomic E-state index is 0.440. The van der Waals surface area contributed by atoms with Gasteiger partial charge < -0.3 is 4.74 Å². The lowest BCUT2D eigenvalue weighted by Gasteiger charge is -2.05. The van der Waals surface area contributed by atoms with Crippen molar-refractivity contribution in [1.82, 2.24) is 4.98 Å². The number of aromatic nitrogens is 1. The van der Waals surface area contributed by atoms with Gasteiger partial charge in [0.1, 0.15) is 5.75 Å². The average Bonchev–Trinajstić information content (AvgIpc) is 2.83. The molecule has 0 fully saturated rings. The van der Waals surface area contributed by atoms with Crippen LogP contribution in [0, 0.1) is 0 Å². The van der Waals surface area contributed by atoms with Crippen LogP contribution in [-0.2, 0) is 12.3 Å². The summed E-state index contributed by atoms with van der Waals surface area (Å²) >= 11 is 7.36. The number of hydrogen-bond acceptors (Lipinski definition) is 3. The van der Waals surface area contributed by atoms with Gasteiger partial charge in [-0.3, -0.25) is 4.98 Å². The predicted octanol–water partition coefficient (Wildman–Crippen LogP) is 3.50. The maximum absolute atomic E-state index is 5.65. The number of pyridine rings is 1. The second kappa shape index (κ2) is 5.87. The predicted molar refractivity (Wildman–Crippen MR) is 67.3 cm³/mol. The quantitative estimate of drug-likeness (QED) is 0.761. The smallest absolute Gasteiger partial charge is 0.137 e. The normalized spacial score (nSPS) is 10.3. The number of halogens is 1. The van der Waals surface area contributed by atoms with Crippen LogP contribution in [0.3, 0.4) is 0 Å². The van der Waals surface area contributed by atoms with E-state index in [1.165, 1.54) is 5.56 Å². The fourth-order valence-corrected chi connectivity index (χ4v) is 2.16. The lowest BCUT2D eigenvalue weighted by Crippen LogP contribution is -2.01. The molecule has 0 unspecified atom stereocenters. The van der Waals surface area contributed by atoms with Gasteiger partial charge in [-0.05, 0) is 34.5 Å². The zero-order valence-corrected chi connectivity index (χ0v) is 10.3. The highest BCUT2D eigenvalue weighted by atomic mass is 35.5. The van der Waals surface area contributed by atoms with Crippen molar-refractivity contribution in [3.8, 4) is 5.75 Å². The van der Waals surface area contributed by atoms with Gasteiger partial charge in [-0.1, -0.05) is 0 Å². The molecule has 0 aliphatic rings. The van der Waals surface area contributed by atoms with Crippen LogP contribution in [0.25, 0.3) is 0 Å². The Bertz CT molecular complexity index is 413. The van der Waals surface area contributed by atoms with Gasteiger partial charge in [0.2, 0.25) is 0 Å². The summed E-state index contributed by atoms with van der Waals surface area (Å²) in [6, 6.07) is 5.90. The van der Waals surface area contributed by atoms with E-state index in [4.69, 9.17) is 16.3 Å². The summed E-state index contributed by atoms with van der Waals surface area (Å²) < 4.78 is 5.58. The third-order valence-corrected chi connectivity index (χ3v) is 3.18. The maximum atomic E-state index is 5.65. The third-order valence-electron chi connectivity index (χ3n) is 2.17. The molecule has 2 heterocycles. The van der Waals surface area contributed by atoms with Crippen molar-refractivity contribution < 1.29 is 4.74 Å². The molecule has 0 aliphatic heterocycles. The molecule has 2 aromatic heterocycles. The van der Waals surface area contributed by atoms with Crippen LogP contribution in [0.2, 0.25) is 0 Å². The zero-order valence-electron chi connectivity index (χ0n) is 8.73. The van der Waals surface area contributed by atoms with E-state index in [1.807, 2.05) is 12.1 Å². The number of hydrogen-bond donors (Lipinski definition) is 0. The molecule has 0 atom stereocenters. The molecule has 0 saturated heterocycles. The lowest BCUT2D eigenvalue weighted by atomic mass is 10.2. The zero-order chi connectivity index (χ0) is 11.2. The molecule has 0 amide bonds. The van der Waals surface area contributed by atoms with Gasteiger partial charge in [-0.15, -0.1) is 11.6 Å². The van der Waals surface area contributed by atoms with Crippen molar-refractivity contribution in [2.24, 2.45) is 0 Å². The minimum Gasteiger partial charge on any atom is -0.492 e. The summed E-state index contributed by atoms with van der Waals surface area (Å²) in [5.41, 5.74) is 2.18. The highest BCUT2D eigenvalue weighted by molar-refractivity contribution is 7.07. The minimum absolute atomic E-state index is 0.440. The van der Waals surface area contributed by atoms with E-state index in [-0.39, 0.29) is 0 Å². The maximum Gasteiger partial charge on any atom is 0.137 e. The van der Waals surface area contributed by atoms with Crippen molar-refractivity contribution in [1.29, 1.82) is 0 Å². The Labute approximate surface area is 104 Å². The van der Waals surface area contributed by atoms with Crippen molar-refractivity contribution in [3.05, 3.63) is 46.4 Å². The number of ether oxygens (including phenoxy) is 1. The molecule has 0 aromatic carbocycles. The first-order valence-electron chi connectivity index (χ1n) is 5.03. The van der Waals surface area contributed by atoms with E-state index >= 15 is 0 Å². The van der Waals surface area contributed by atoms with Gasteiger partial charge in [0.15, 0.2) is 0 Å². The molecule has 0 saturated carbocycles. The molecule has 0 spiro atoms. The Hall–Kier alpha value is -1.06. The SMILES string of the molecule is ClCc1ccc(OCCc2ccsc2)cn1. The number of thiophene rings is 1. The molecule has 0 aliphatic carbocycles. The van der Waals surface area contributed by atoms with Crippen LogP contribution in [0.4, 0.5) is 0 Å². The van der Waals surface area contributed by atoms with Crippen molar-refractivity contribution >= 4 is 22.9 Å². The van der Waals surface area contributed by atoms with Crippen molar-refractivity contribution in [2.75, 3.05) is 6.61 Å². The van der Waals surface area contributed by atoms with Crippen LogP contribution < -0.4 is 4.74 Å². The number of rotatable bonds is 5. The number of nitrogens with zero attached hydrogens (tertiary/aromatic N) is 1. The van der Waals surface area contributed by atoms with E-state index in [0.29, 0.717) is 12.5 Å². The molecule has 2 aromatic rings. The van der Waals surface area contributed by atoms with Crippen LogP contribution in [0.15, 0.2) is 35.2 Å². The highest BCUT2D eigenvalue weighted by Gasteiger charge is 1.97. The highest BCUT2D eigenvalue weighted by Crippen LogP contribution is 2.12. The first kappa shape index (κ1) is 11.4. The van der Waals surface area contributed by atoms with Gasteiger partial charge in [-0.2, -0.15) is 11.3 Å². The Morgan fingerprint density at radius 3 is 2.88 bits per heavy atom. The molecule has 2 nitrogen and oxygen atoms in total. The second-order valence-electron chi connectivity index (χ2n) is 3.35. The monoisotopic (exact) mass is 253 g/mol. The lowest BCUT2D eigenvalue weighted by molar-refractivity contribution is 0.320. The summed E-state index contributed by atoms with van der Waals surface area (Å²) in [7, 11) is 0. The third kappa shape index (κ3) is 3.22. The van der Waals surface area contributed by atoms with Crippen molar-refractivity contribution in [3.63, 3.8) is 0 Å².